The summed E-state index contributed by atoms with van der Waals surface area (Å²) in [5, 5.41) is 14.4. The van der Waals surface area contributed by atoms with Crippen molar-refractivity contribution in [3.8, 4) is 0 Å². The SMILES string of the molecule is CCC(CC)(NC(=O)NCc1ccnc(C)n1)C(=O)O. The van der Waals surface area contributed by atoms with Crippen LogP contribution in [0.5, 0.6) is 0 Å². The van der Waals surface area contributed by atoms with Gasteiger partial charge in [-0.05, 0) is 25.8 Å². The topological polar surface area (TPSA) is 104 Å². The van der Waals surface area contributed by atoms with Gasteiger partial charge >= 0.3 is 12.0 Å². The highest BCUT2D eigenvalue weighted by Gasteiger charge is 2.36. The Morgan fingerprint density at radius 2 is 2.00 bits per heavy atom. The molecule has 7 heteroatoms. The second-order valence-corrected chi connectivity index (χ2v) is 4.50. The normalized spacial score (nSPS) is 10.9. The third-order valence-corrected chi connectivity index (χ3v) is 3.23. The van der Waals surface area contributed by atoms with Crippen molar-refractivity contribution >= 4 is 12.0 Å². The second-order valence-electron chi connectivity index (χ2n) is 4.50. The number of amides is 2. The van der Waals surface area contributed by atoms with Gasteiger partial charge in [0.15, 0.2) is 0 Å². The van der Waals surface area contributed by atoms with Crippen molar-refractivity contribution in [3.05, 3.63) is 23.8 Å². The Morgan fingerprint density at radius 1 is 1.35 bits per heavy atom. The molecule has 110 valence electrons. The molecular weight excluding hydrogens is 260 g/mol. The summed E-state index contributed by atoms with van der Waals surface area (Å²) in [5.74, 6) is -0.415. The van der Waals surface area contributed by atoms with Crippen LogP contribution in [0.3, 0.4) is 0 Å². The maximum absolute atomic E-state index is 11.8. The number of nitrogens with one attached hydrogen (secondary N) is 2. The van der Waals surface area contributed by atoms with Crippen molar-refractivity contribution < 1.29 is 14.7 Å². The molecule has 0 bridgehead atoms. The number of aromatic nitrogens is 2. The minimum absolute atomic E-state index is 0.221. The largest absolute Gasteiger partial charge is 0.480 e. The summed E-state index contributed by atoms with van der Waals surface area (Å²) >= 11 is 0. The molecule has 0 aliphatic carbocycles. The Bertz CT molecular complexity index is 486. The first kappa shape index (κ1) is 15.9. The quantitative estimate of drug-likeness (QED) is 0.727. The second kappa shape index (κ2) is 6.83. The van der Waals surface area contributed by atoms with Gasteiger partial charge in [0.1, 0.15) is 11.4 Å². The molecule has 1 aromatic rings. The molecule has 0 aliphatic rings. The first-order chi connectivity index (χ1) is 9.43. The zero-order valence-electron chi connectivity index (χ0n) is 11.9. The number of nitrogens with zero attached hydrogens (tertiary/aromatic N) is 2. The van der Waals surface area contributed by atoms with Crippen LogP contribution in [0, 0.1) is 6.92 Å². The van der Waals surface area contributed by atoms with Crippen LogP contribution < -0.4 is 10.6 Å². The van der Waals surface area contributed by atoms with Gasteiger partial charge in [0.2, 0.25) is 0 Å². The van der Waals surface area contributed by atoms with Gasteiger partial charge in [-0.2, -0.15) is 0 Å². The van der Waals surface area contributed by atoms with E-state index in [0.29, 0.717) is 24.4 Å². The van der Waals surface area contributed by atoms with Crippen molar-refractivity contribution in [3.63, 3.8) is 0 Å². The number of hydrogen-bond donors (Lipinski definition) is 3. The van der Waals surface area contributed by atoms with E-state index in [0.717, 1.165) is 0 Å². The first-order valence-electron chi connectivity index (χ1n) is 6.51. The molecule has 0 saturated carbocycles. The highest BCUT2D eigenvalue weighted by Crippen LogP contribution is 2.15. The molecule has 1 rings (SSSR count). The van der Waals surface area contributed by atoms with Gasteiger partial charge in [0, 0.05) is 6.20 Å². The van der Waals surface area contributed by atoms with Gasteiger partial charge in [-0.15, -0.1) is 0 Å². The molecule has 0 aliphatic heterocycles. The van der Waals surface area contributed by atoms with Gasteiger partial charge in [-0.1, -0.05) is 13.8 Å². The van der Waals surface area contributed by atoms with Gasteiger partial charge < -0.3 is 15.7 Å². The number of hydrogen-bond acceptors (Lipinski definition) is 4. The average molecular weight is 280 g/mol. The number of carbonyl (C=O) groups excluding carboxylic acids is 1. The third-order valence-electron chi connectivity index (χ3n) is 3.23. The van der Waals surface area contributed by atoms with Crippen LogP contribution >= 0.6 is 0 Å². The molecule has 7 nitrogen and oxygen atoms in total. The van der Waals surface area contributed by atoms with Crippen LogP contribution in [-0.2, 0) is 11.3 Å². The fourth-order valence-electron chi connectivity index (χ4n) is 1.82. The lowest BCUT2D eigenvalue weighted by molar-refractivity contribution is -0.144. The lowest BCUT2D eigenvalue weighted by atomic mass is 9.93. The molecule has 2 amide bonds. The molecule has 1 heterocycles. The molecule has 0 spiro atoms. The zero-order valence-corrected chi connectivity index (χ0v) is 11.9. The molecule has 0 radical (unpaired) electrons. The molecule has 0 fully saturated rings. The molecule has 1 aromatic heterocycles. The summed E-state index contributed by atoms with van der Waals surface area (Å²) in [6, 6.07) is 1.17. The highest BCUT2D eigenvalue weighted by atomic mass is 16.4. The molecule has 0 unspecified atom stereocenters. The number of carbonyl (C=O) groups is 2. The van der Waals surface area contributed by atoms with E-state index in [1.807, 2.05) is 0 Å². The minimum Gasteiger partial charge on any atom is -0.480 e. The molecule has 0 aromatic carbocycles. The molecular formula is C13H20N4O3. The monoisotopic (exact) mass is 280 g/mol. The van der Waals surface area contributed by atoms with Gasteiger partial charge in [-0.3, -0.25) is 0 Å². The van der Waals surface area contributed by atoms with Crippen LogP contribution in [0.15, 0.2) is 12.3 Å². The fraction of sp³-hybridized carbons (Fsp3) is 0.538. The van der Waals surface area contributed by atoms with Crippen molar-refractivity contribution in [1.82, 2.24) is 20.6 Å². The minimum atomic E-state index is -1.23. The molecule has 3 N–H and O–H groups in total. The average Bonchev–Trinajstić information content (AvgIpc) is 2.42. The van der Waals surface area contributed by atoms with E-state index in [-0.39, 0.29) is 6.54 Å². The third kappa shape index (κ3) is 3.91. The molecule has 20 heavy (non-hydrogen) atoms. The lowest BCUT2D eigenvalue weighted by Gasteiger charge is -2.28. The number of aryl methyl sites for hydroxylation is 1. The van der Waals surface area contributed by atoms with Crippen LogP contribution in [0.4, 0.5) is 4.79 Å². The summed E-state index contributed by atoms with van der Waals surface area (Å²) in [6.45, 7) is 5.43. The summed E-state index contributed by atoms with van der Waals surface area (Å²) in [6.07, 6.45) is 2.24. The van der Waals surface area contributed by atoms with E-state index in [1.54, 1.807) is 33.0 Å². The Hall–Kier alpha value is -2.18. The fourth-order valence-corrected chi connectivity index (χ4v) is 1.82. The van der Waals surface area contributed by atoms with E-state index in [9.17, 15) is 14.7 Å². The number of aliphatic carboxylic acids is 1. The Kier molecular flexibility index (Phi) is 5.42. The predicted molar refractivity (Wildman–Crippen MR) is 73.1 cm³/mol. The smallest absolute Gasteiger partial charge is 0.329 e. The molecule has 0 saturated heterocycles. The summed E-state index contributed by atoms with van der Waals surface area (Å²) in [7, 11) is 0. The number of carboxylic acid groups (broad SMARTS) is 1. The van der Waals surface area contributed by atoms with Crippen molar-refractivity contribution in [2.24, 2.45) is 0 Å². The van der Waals surface area contributed by atoms with Crippen LogP contribution in [0.2, 0.25) is 0 Å². The van der Waals surface area contributed by atoms with Gasteiger partial charge in [0.05, 0.1) is 12.2 Å². The maximum atomic E-state index is 11.8. The summed E-state index contributed by atoms with van der Waals surface area (Å²) in [4.78, 5) is 31.2. The van der Waals surface area contributed by atoms with E-state index in [4.69, 9.17) is 0 Å². The Balaban J connectivity index is 2.61. The highest BCUT2D eigenvalue weighted by molar-refractivity contribution is 5.86. The summed E-state index contributed by atoms with van der Waals surface area (Å²) < 4.78 is 0. The summed E-state index contributed by atoms with van der Waals surface area (Å²) in [5.41, 5.74) is -0.562. The van der Waals surface area contributed by atoms with Crippen LogP contribution in [0.1, 0.15) is 38.2 Å². The Morgan fingerprint density at radius 3 is 2.50 bits per heavy atom. The van der Waals surface area contributed by atoms with E-state index in [1.165, 1.54) is 0 Å². The van der Waals surface area contributed by atoms with Crippen LogP contribution in [0.25, 0.3) is 0 Å². The van der Waals surface area contributed by atoms with Gasteiger partial charge in [-0.25, -0.2) is 19.6 Å². The van der Waals surface area contributed by atoms with Crippen molar-refractivity contribution in [2.75, 3.05) is 0 Å². The van der Waals surface area contributed by atoms with Gasteiger partial charge in [0.25, 0.3) is 0 Å². The predicted octanol–water partition coefficient (Wildman–Crippen LogP) is 1.23. The first-order valence-corrected chi connectivity index (χ1v) is 6.51. The van der Waals surface area contributed by atoms with E-state index in [2.05, 4.69) is 20.6 Å². The lowest BCUT2D eigenvalue weighted by Crippen LogP contribution is -2.56. The Labute approximate surface area is 117 Å². The number of carboxylic acids is 1. The van der Waals surface area contributed by atoms with Crippen LogP contribution in [-0.4, -0.2) is 32.6 Å². The van der Waals surface area contributed by atoms with E-state index < -0.39 is 17.5 Å². The number of urea groups is 1. The van der Waals surface area contributed by atoms with E-state index >= 15 is 0 Å². The molecule has 0 atom stereocenters. The van der Waals surface area contributed by atoms with Crippen molar-refractivity contribution in [1.29, 1.82) is 0 Å². The standard InChI is InChI=1S/C13H20N4O3/c1-4-13(5-2,11(18)19)17-12(20)15-8-10-6-7-14-9(3)16-10/h6-7H,4-5,8H2,1-3H3,(H,18,19)(H2,15,17,20). The number of rotatable bonds is 6. The van der Waals surface area contributed by atoms with Crippen molar-refractivity contribution in [2.45, 2.75) is 45.7 Å². The zero-order chi connectivity index (χ0) is 15.2. The maximum Gasteiger partial charge on any atom is 0.329 e.